The quantitative estimate of drug-likeness (QED) is 0.859. The van der Waals surface area contributed by atoms with Crippen molar-refractivity contribution in [3.05, 3.63) is 51.9 Å². The number of carboxylic acid groups (broad SMARTS) is 1. The van der Waals surface area contributed by atoms with Gasteiger partial charge in [0.25, 0.3) is 5.12 Å². The van der Waals surface area contributed by atoms with E-state index in [2.05, 4.69) is 0 Å². The van der Waals surface area contributed by atoms with Crippen LogP contribution in [0.3, 0.4) is 0 Å². The lowest BCUT2D eigenvalue weighted by Crippen LogP contribution is -1.94. The Kier molecular flexibility index (Phi) is 4.19. The highest BCUT2D eigenvalue weighted by Crippen LogP contribution is 2.30. The minimum absolute atomic E-state index is 0.0338. The van der Waals surface area contributed by atoms with Crippen LogP contribution in [0.4, 0.5) is 0 Å². The second kappa shape index (κ2) is 5.69. The van der Waals surface area contributed by atoms with Crippen LogP contribution in [0.2, 0.25) is 10.0 Å². The van der Waals surface area contributed by atoms with Crippen LogP contribution < -0.4 is 0 Å². The molecule has 1 N–H and O–H groups in total. The Morgan fingerprint density at radius 1 is 1.05 bits per heavy atom. The zero-order valence-corrected chi connectivity index (χ0v) is 11.6. The predicted molar refractivity (Wildman–Crippen MR) is 72.3 cm³/mol. The fraction of sp³-hybridized carbons (Fsp3) is 0. The van der Waals surface area contributed by atoms with E-state index >= 15 is 0 Å². The van der Waals surface area contributed by atoms with Crippen LogP contribution in [0.1, 0.15) is 21.1 Å². The number of aromatic carboxylic acids is 1. The van der Waals surface area contributed by atoms with E-state index in [4.69, 9.17) is 32.7 Å². The fourth-order valence-electron chi connectivity index (χ4n) is 1.26. The number of furan rings is 1. The van der Waals surface area contributed by atoms with E-state index in [0.717, 1.165) is 11.8 Å². The smallest absolute Gasteiger partial charge is 0.371 e. The summed E-state index contributed by atoms with van der Waals surface area (Å²) in [5.41, 5.74) is 0. The molecular weight excluding hydrogens is 311 g/mol. The molecule has 1 aromatic heterocycles. The summed E-state index contributed by atoms with van der Waals surface area (Å²) in [5, 5.41) is 9.01. The average Bonchev–Trinajstić information content (AvgIpc) is 2.83. The molecule has 98 valence electrons. The van der Waals surface area contributed by atoms with Crippen LogP contribution in [-0.4, -0.2) is 16.2 Å². The molecule has 4 nitrogen and oxygen atoms in total. The molecule has 19 heavy (non-hydrogen) atoms. The summed E-state index contributed by atoms with van der Waals surface area (Å²) in [7, 11) is 0. The molecule has 0 unspecified atom stereocenters. The van der Waals surface area contributed by atoms with Crippen LogP contribution in [0.15, 0.2) is 39.6 Å². The third-order valence-electron chi connectivity index (χ3n) is 2.12. The van der Waals surface area contributed by atoms with Gasteiger partial charge in [-0.3, -0.25) is 4.79 Å². The zero-order chi connectivity index (χ0) is 14.0. The van der Waals surface area contributed by atoms with Crippen molar-refractivity contribution in [3.8, 4) is 0 Å². The molecule has 0 saturated heterocycles. The molecular formula is C12H6Cl2O4S. The number of hydrogen-bond donors (Lipinski definition) is 1. The van der Waals surface area contributed by atoms with Gasteiger partial charge in [0.05, 0.1) is 10.0 Å². The van der Waals surface area contributed by atoms with E-state index in [1.54, 1.807) is 18.2 Å². The molecule has 0 amide bonds. The van der Waals surface area contributed by atoms with E-state index in [0.29, 0.717) is 14.9 Å². The topological polar surface area (TPSA) is 67.5 Å². The molecule has 0 radical (unpaired) electrons. The first kappa shape index (κ1) is 14.0. The van der Waals surface area contributed by atoms with E-state index in [-0.39, 0.29) is 11.5 Å². The molecule has 0 atom stereocenters. The molecule has 0 fully saturated rings. The van der Waals surface area contributed by atoms with Crippen molar-refractivity contribution in [2.75, 3.05) is 0 Å². The van der Waals surface area contributed by atoms with Crippen LogP contribution in [0.25, 0.3) is 0 Å². The van der Waals surface area contributed by atoms with Gasteiger partial charge in [0, 0.05) is 4.90 Å². The first-order valence-electron chi connectivity index (χ1n) is 4.98. The molecule has 0 aliphatic carbocycles. The van der Waals surface area contributed by atoms with Crippen LogP contribution in [-0.2, 0) is 0 Å². The van der Waals surface area contributed by atoms with Gasteiger partial charge in [0.2, 0.25) is 5.76 Å². The number of halogens is 2. The van der Waals surface area contributed by atoms with Crippen LogP contribution >= 0.6 is 35.0 Å². The Balaban J connectivity index is 2.15. The van der Waals surface area contributed by atoms with Gasteiger partial charge in [0.15, 0.2) is 5.76 Å². The second-order valence-corrected chi connectivity index (χ2v) is 5.30. The number of carboxylic acids is 1. The summed E-state index contributed by atoms with van der Waals surface area (Å²) in [5.74, 6) is -1.54. The number of rotatable bonds is 3. The molecule has 0 spiro atoms. The Morgan fingerprint density at radius 3 is 2.32 bits per heavy atom. The van der Waals surface area contributed by atoms with Crippen molar-refractivity contribution in [1.29, 1.82) is 0 Å². The average molecular weight is 317 g/mol. The molecule has 2 aromatic rings. The minimum Gasteiger partial charge on any atom is -0.475 e. The van der Waals surface area contributed by atoms with E-state index < -0.39 is 11.1 Å². The van der Waals surface area contributed by atoms with Gasteiger partial charge in [-0.1, -0.05) is 23.2 Å². The third kappa shape index (κ3) is 3.32. The number of thioether (sulfide) groups is 1. The monoisotopic (exact) mass is 316 g/mol. The number of carbonyl (C=O) groups is 2. The molecule has 0 saturated carbocycles. The van der Waals surface area contributed by atoms with Gasteiger partial charge in [0.1, 0.15) is 0 Å². The standard InChI is InChI=1S/C12H6Cl2O4S/c13-7-2-1-6(5-8(7)14)19-12(17)10-4-3-9(18-10)11(15)16/h1-5H,(H,15,16). The van der Waals surface area contributed by atoms with Gasteiger partial charge in [-0.15, -0.1) is 0 Å². The summed E-state index contributed by atoms with van der Waals surface area (Å²) < 4.78 is 4.90. The normalized spacial score (nSPS) is 10.4. The summed E-state index contributed by atoms with van der Waals surface area (Å²) in [4.78, 5) is 23.1. The largest absolute Gasteiger partial charge is 0.475 e. The summed E-state index contributed by atoms with van der Waals surface area (Å²) in [6.07, 6.45) is 0. The molecule has 0 aliphatic heterocycles. The highest BCUT2D eigenvalue weighted by molar-refractivity contribution is 8.14. The third-order valence-corrected chi connectivity index (χ3v) is 3.73. The van der Waals surface area contributed by atoms with Gasteiger partial charge >= 0.3 is 5.97 Å². The first-order chi connectivity index (χ1) is 8.97. The van der Waals surface area contributed by atoms with Crippen molar-refractivity contribution in [1.82, 2.24) is 0 Å². The van der Waals surface area contributed by atoms with Crippen molar-refractivity contribution < 1.29 is 19.1 Å². The van der Waals surface area contributed by atoms with E-state index in [9.17, 15) is 9.59 Å². The Labute approximate surface area is 122 Å². The lowest BCUT2D eigenvalue weighted by Gasteiger charge is -2.00. The lowest BCUT2D eigenvalue weighted by molar-refractivity contribution is 0.0661. The SMILES string of the molecule is O=C(O)c1ccc(C(=O)Sc2ccc(Cl)c(Cl)c2)o1. The number of carbonyl (C=O) groups excluding carboxylic acids is 1. The summed E-state index contributed by atoms with van der Waals surface area (Å²) >= 11 is 12.5. The second-order valence-electron chi connectivity index (χ2n) is 3.43. The number of benzene rings is 1. The molecule has 2 rings (SSSR count). The predicted octanol–water partition coefficient (Wildman–Crippen LogP) is 4.22. The molecule has 7 heteroatoms. The molecule has 1 heterocycles. The van der Waals surface area contributed by atoms with Gasteiger partial charge in [-0.2, -0.15) is 0 Å². The number of hydrogen-bond acceptors (Lipinski definition) is 4. The van der Waals surface area contributed by atoms with E-state index in [1.807, 2.05) is 0 Å². The lowest BCUT2D eigenvalue weighted by atomic mass is 10.4. The zero-order valence-electron chi connectivity index (χ0n) is 9.22. The van der Waals surface area contributed by atoms with Gasteiger partial charge < -0.3 is 9.52 Å². The molecule has 0 bridgehead atoms. The maximum Gasteiger partial charge on any atom is 0.371 e. The van der Waals surface area contributed by atoms with Crippen LogP contribution in [0, 0.1) is 0 Å². The maximum atomic E-state index is 11.8. The molecule has 0 aliphatic rings. The van der Waals surface area contributed by atoms with Gasteiger partial charge in [-0.25, -0.2) is 4.79 Å². The minimum atomic E-state index is -1.22. The Hall–Kier alpha value is -1.43. The van der Waals surface area contributed by atoms with Crippen molar-refractivity contribution in [3.63, 3.8) is 0 Å². The van der Waals surface area contributed by atoms with Gasteiger partial charge in [-0.05, 0) is 42.1 Å². The highest BCUT2D eigenvalue weighted by Gasteiger charge is 2.16. The Morgan fingerprint density at radius 2 is 1.74 bits per heavy atom. The summed E-state index contributed by atoms with van der Waals surface area (Å²) in [6, 6.07) is 7.30. The highest BCUT2D eigenvalue weighted by atomic mass is 35.5. The molecule has 1 aromatic carbocycles. The van der Waals surface area contributed by atoms with Crippen molar-refractivity contribution >= 4 is 46.0 Å². The maximum absolute atomic E-state index is 11.8. The van der Waals surface area contributed by atoms with Crippen LogP contribution in [0.5, 0.6) is 0 Å². The van der Waals surface area contributed by atoms with Crippen molar-refractivity contribution in [2.24, 2.45) is 0 Å². The Bertz CT molecular complexity index is 651. The van der Waals surface area contributed by atoms with Crippen molar-refractivity contribution in [2.45, 2.75) is 4.90 Å². The van der Waals surface area contributed by atoms with E-state index in [1.165, 1.54) is 12.1 Å². The summed E-state index contributed by atoms with van der Waals surface area (Å²) in [6.45, 7) is 0. The fourth-order valence-corrected chi connectivity index (χ4v) is 2.36. The first-order valence-corrected chi connectivity index (χ1v) is 6.55.